The molecule has 1 amide bonds. The third kappa shape index (κ3) is 5.40. The van der Waals surface area contributed by atoms with Crippen LogP contribution in [0.5, 0.6) is 0 Å². The van der Waals surface area contributed by atoms with E-state index in [1.54, 1.807) is 35.7 Å². The number of carbonyl (C=O) groups excluding carboxylic acids is 2. The molecule has 2 rings (SSSR count). The summed E-state index contributed by atoms with van der Waals surface area (Å²) >= 11 is 2.91. The van der Waals surface area contributed by atoms with E-state index in [1.807, 2.05) is 17.5 Å². The van der Waals surface area contributed by atoms with Crippen LogP contribution in [-0.2, 0) is 27.2 Å². The molecule has 0 spiro atoms. The zero-order valence-electron chi connectivity index (χ0n) is 13.7. The van der Waals surface area contributed by atoms with Crippen LogP contribution >= 0.6 is 22.7 Å². The van der Waals surface area contributed by atoms with Crippen molar-refractivity contribution in [2.24, 2.45) is 0 Å². The molecule has 2 aromatic heterocycles. The van der Waals surface area contributed by atoms with Crippen LogP contribution in [0, 0.1) is 0 Å². The summed E-state index contributed by atoms with van der Waals surface area (Å²) in [6, 6.07) is 3.87. The highest BCUT2D eigenvalue weighted by molar-refractivity contribution is 7.10. The maximum absolute atomic E-state index is 12.5. The van der Waals surface area contributed by atoms with Crippen molar-refractivity contribution in [3.8, 4) is 0 Å². The fourth-order valence-electron chi connectivity index (χ4n) is 2.01. The molecule has 0 aliphatic heterocycles. The van der Waals surface area contributed by atoms with Gasteiger partial charge in [0.05, 0.1) is 26.2 Å². The normalized spacial score (nSPS) is 10.6. The molecule has 24 heavy (non-hydrogen) atoms. The van der Waals surface area contributed by atoms with Crippen LogP contribution < -0.4 is 0 Å². The van der Waals surface area contributed by atoms with Crippen LogP contribution in [0.25, 0.3) is 0 Å². The zero-order valence-corrected chi connectivity index (χ0v) is 15.3. The van der Waals surface area contributed by atoms with Gasteiger partial charge in [0.1, 0.15) is 5.01 Å². The molecule has 0 N–H and O–H groups in total. The van der Waals surface area contributed by atoms with Crippen molar-refractivity contribution in [1.29, 1.82) is 0 Å². The van der Waals surface area contributed by atoms with E-state index in [4.69, 9.17) is 9.47 Å². The summed E-state index contributed by atoms with van der Waals surface area (Å²) in [5.41, 5.74) is 0.286. The third-order valence-corrected chi connectivity index (χ3v) is 4.90. The summed E-state index contributed by atoms with van der Waals surface area (Å²) in [6.07, 6.45) is 0.359. The first-order valence-electron chi connectivity index (χ1n) is 7.54. The monoisotopic (exact) mass is 368 g/mol. The second-order valence-corrected chi connectivity index (χ2v) is 6.89. The fourth-order valence-corrected chi connectivity index (χ4v) is 3.49. The van der Waals surface area contributed by atoms with Gasteiger partial charge in [0.2, 0.25) is 5.91 Å². The first kappa shape index (κ1) is 18.6. The SMILES string of the molecule is CCOC(=O)c1csc(CN(CCOC)C(=O)Cc2cccs2)n1. The number of aromatic nitrogens is 1. The quantitative estimate of drug-likeness (QED) is 0.637. The van der Waals surface area contributed by atoms with Crippen LogP contribution in [-0.4, -0.2) is 48.6 Å². The van der Waals surface area contributed by atoms with Crippen LogP contribution in [0.2, 0.25) is 0 Å². The van der Waals surface area contributed by atoms with Crippen molar-refractivity contribution >= 4 is 34.6 Å². The van der Waals surface area contributed by atoms with E-state index < -0.39 is 5.97 Å². The van der Waals surface area contributed by atoms with Crippen molar-refractivity contribution in [1.82, 2.24) is 9.88 Å². The average molecular weight is 368 g/mol. The maximum Gasteiger partial charge on any atom is 0.357 e. The predicted molar refractivity (Wildman–Crippen MR) is 93.4 cm³/mol. The number of esters is 1. The van der Waals surface area contributed by atoms with E-state index >= 15 is 0 Å². The number of methoxy groups -OCH3 is 1. The molecular weight excluding hydrogens is 348 g/mol. The number of thiophene rings is 1. The molecule has 0 saturated heterocycles. The van der Waals surface area contributed by atoms with Gasteiger partial charge in [-0.3, -0.25) is 4.79 Å². The van der Waals surface area contributed by atoms with Crippen LogP contribution in [0.15, 0.2) is 22.9 Å². The van der Waals surface area contributed by atoms with E-state index in [1.165, 1.54) is 11.3 Å². The first-order chi connectivity index (χ1) is 11.6. The lowest BCUT2D eigenvalue weighted by Crippen LogP contribution is -2.34. The molecule has 0 unspecified atom stereocenters. The lowest BCUT2D eigenvalue weighted by Gasteiger charge is -2.21. The van der Waals surface area contributed by atoms with Gasteiger partial charge >= 0.3 is 5.97 Å². The van der Waals surface area contributed by atoms with Gasteiger partial charge in [0, 0.05) is 23.9 Å². The van der Waals surface area contributed by atoms with Crippen molar-refractivity contribution < 1.29 is 19.1 Å². The molecule has 0 atom stereocenters. The summed E-state index contributed by atoms with van der Waals surface area (Å²) in [5.74, 6) is -0.421. The topological polar surface area (TPSA) is 68.7 Å². The van der Waals surface area contributed by atoms with E-state index in [2.05, 4.69) is 4.98 Å². The molecule has 6 nitrogen and oxygen atoms in total. The number of hydrogen-bond acceptors (Lipinski definition) is 7. The Balaban J connectivity index is 2.02. The number of rotatable bonds is 9. The Morgan fingerprint density at radius 3 is 2.83 bits per heavy atom. The Bertz CT molecular complexity index is 655. The molecule has 0 aliphatic carbocycles. The molecule has 0 radical (unpaired) electrons. The maximum atomic E-state index is 12.5. The van der Waals surface area contributed by atoms with Crippen LogP contribution in [0.1, 0.15) is 27.3 Å². The number of thiazole rings is 1. The fraction of sp³-hybridized carbons (Fsp3) is 0.438. The van der Waals surface area contributed by atoms with Gasteiger partial charge in [-0.2, -0.15) is 0 Å². The van der Waals surface area contributed by atoms with E-state index in [-0.39, 0.29) is 11.6 Å². The Kier molecular flexibility index (Phi) is 7.36. The Morgan fingerprint density at radius 2 is 2.17 bits per heavy atom. The highest BCUT2D eigenvalue weighted by atomic mass is 32.1. The van der Waals surface area contributed by atoms with Crippen molar-refractivity contribution in [2.45, 2.75) is 19.9 Å². The highest BCUT2D eigenvalue weighted by Gasteiger charge is 2.18. The van der Waals surface area contributed by atoms with E-state index in [0.29, 0.717) is 37.7 Å². The van der Waals surface area contributed by atoms with Crippen molar-refractivity contribution in [2.75, 3.05) is 26.9 Å². The molecular formula is C16H20N2O4S2. The number of nitrogens with zero attached hydrogens (tertiary/aromatic N) is 2. The summed E-state index contributed by atoms with van der Waals surface area (Å²) < 4.78 is 10.0. The Labute approximate surface area is 149 Å². The average Bonchev–Trinajstić information content (AvgIpc) is 3.23. The van der Waals surface area contributed by atoms with Gasteiger partial charge in [0.15, 0.2) is 5.69 Å². The predicted octanol–water partition coefficient (Wildman–Crippen LogP) is 2.60. The zero-order chi connectivity index (χ0) is 17.4. The van der Waals surface area contributed by atoms with Crippen molar-refractivity contribution in [3.63, 3.8) is 0 Å². The Morgan fingerprint density at radius 1 is 1.33 bits per heavy atom. The summed E-state index contributed by atoms with van der Waals surface area (Å²) in [4.78, 5) is 31.2. The standard InChI is InChI=1S/C16H20N2O4S2/c1-3-22-16(20)13-11-24-14(17-13)10-18(6-7-21-2)15(19)9-12-5-4-8-23-12/h4-5,8,11H,3,6-7,9-10H2,1-2H3. The molecule has 0 aromatic carbocycles. The number of ether oxygens (including phenoxy) is 2. The van der Waals surface area contributed by atoms with Gasteiger partial charge in [-0.1, -0.05) is 6.07 Å². The molecule has 0 saturated carbocycles. The van der Waals surface area contributed by atoms with Gasteiger partial charge in [-0.05, 0) is 18.4 Å². The minimum absolute atomic E-state index is 0.0161. The van der Waals surface area contributed by atoms with Gasteiger partial charge < -0.3 is 14.4 Å². The number of hydrogen-bond donors (Lipinski definition) is 0. The molecule has 0 fully saturated rings. The van der Waals surface area contributed by atoms with E-state index in [9.17, 15) is 9.59 Å². The summed E-state index contributed by atoms with van der Waals surface area (Å²) in [6.45, 7) is 3.35. The summed E-state index contributed by atoms with van der Waals surface area (Å²) in [5, 5.41) is 4.31. The molecule has 2 heterocycles. The van der Waals surface area contributed by atoms with E-state index in [0.717, 1.165) is 4.88 Å². The molecule has 2 aromatic rings. The third-order valence-electron chi connectivity index (χ3n) is 3.19. The molecule has 8 heteroatoms. The smallest absolute Gasteiger partial charge is 0.357 e. The van der Waals surface area contributed by atoms with Crippen LogP contribution in [0.3, 0.4) is 0 Å². The van der Waals surface area contributed by atoms with Gasteiger partial charge in [0.25, 0.3) is 0 Å². The molecule has 130 valence electrons. The highest BCUT2D eigenvalue weighted by Crippen LogP contribution is 2.16. The number of carbonyl (C=O) groups is 2. The van der Waals surface area contributed by atoms with Gasteiger partial charge in [-0.25, -0.2) is 9.78 Å². The molecule has 0 aliphatic rings. The minimum atomic E-state index is -0.437. The van der Waals surface area contributed by atoms with Gasteiger partial charge in [-0.15, -0.1) is 22.7 Å². The first-order valence-corrected chi connectivity index (χ1v) is 9.30. The van der Waals surface area contributed by atoms with Crippen LogP contribution in [0.4, 0.5) is 0 Å². The lowest BCUT2D eigenvalue weighted by molar-refractivity contribution is -0.131. The summed E-state index contributed by atoms with van der Waals surface area (Å²) in [7, 11) is 1.60. The second kappa shape index (κ2) is 9.51. The minimum Gasteiger partial charge on any atom is -0.461 e. The molecule has 0 bridgehead atoms. The number of amides is 1. The Hall–Kier alpha value is -1.77. The second-order valence-electron chi connectivity index (χ2n) is 4.91. The largest absolute Gasteiger partial charge is 0.461 e. The lowest BCUT2D eigenvalue weighted by atomic mass is 10.3. The van der Waals surface area contributed by atoms with Crippen molar-refractivity contribution in [3.05, 3.63) is 38.5 Å².